The van der Waals surface area contributed by atoms with Crippen LogP contribution >= 0.6 is 0 Å². The van der Waals surface area contributed by atoms with E-state index in [1.165, 1.54) is 0 Å². The zero-order valence-electron chi connectivity index (χ0n) is 17.3. The minimum atomic E-state index is -0.348. The molecule has 1 fully saturated rings. The van der Waals surface area contributed by atoms with Crippen LogP contribution in [-0.4, -0.2) is 43.0 Å². The number of carbonyl (C=O) groups is 2. The minimum Gasteiger partial charge on any atom is -0.457 e. The molecule has 3 aromatic rings. The summed E-state index contributed by atoms with van der Waals surface area (Å²) in [6, 6.07) is 20.4. The second-order valence-corrected chi connectivity index (χ2v) is 7.35. The lowest BCUT2D eigenvalue weighted by molar-refractivity contribution is -0.131. The summed E-state index contributed by atoms with van der Waals surface area (Å²) in [4.78, 5) is 27.5. The van der Waals surface area contributed by atoms with Crippen molar-refractivity contribution in [3.05, 3.63) is 89.3 Å². The van der Waals surface area contributed by atoms with Crippen LogP contribution in [0.4, 0.5) is 0 Å². The van der Waals surface area contributed by atoms with Gasteiger partial charge < -0.3 is 19.4 Å². The van der Waals surface area contributed by atoms with E-state index >= 15 is 0 Å². The lowest BCUT2D eigenvalue weighted by atomic mass is 10.1. The van der Waals surface area contributed by atoms with Crippen LogP contribution in [-0.2, 0) is 9.53 Å². The first-order chi connectivity index (χ1) is 15.1. The molecular weight excluding hydrogens is 392 g/mol. The van der Waals surface area contributed by atoms with Crippen LogP contribution in [0.2, 0.25) is 0 Å². The molecule has 31 heavy (non-hydrogen) atoms. The van der Waals surface area contributed by atoms with E-state index in [9.17, 15) is 9.59 Å². The molecule has 0 bridgehead atoms. The molecule has 6 nitrogen and oxygen atoms in total. The molecule has 0 radical (unpaired) electrons. The summed E-state index contributed by atoms with van der Waals surface area (Å²) in [7, 11) is 0. The van der Waals surface area contributed by atoms with Crippen molar-refractivity contribution in [3.8, 4) is 11.3 Å². The van der Waals surface area contributed by atoms with Crippen molar-refractivity contribution in [1.82, 2.24) is 10.2 Å². The Labute approximate surface area is 181 Å². The number of ether oxygens (including phenoxy) is 1. The van der Waals surface area contributed by atoms with Gasteiger partial charge in [-0.2, -0.15) is 0 Å². The Morgan fingerprint density at radius 2 is 1.65 bits per heavy atom. The van der Waals surface area contributed by atoms with Crippen LogP contribution in [0.15, 0.2) is 76.8 Å². The first kappa shape index (κ1) is 20.6. The fraction of sp³-hybridized carbons (Fsp3) is 0.200. The van der Waals surface area contributed by atoms with Gasteiger partial charge in [-0.1, -0.05) is 48.0 Å². The molecule has 2 amide bonds. The first-order valence-corrected chi connectivity index (χ1v) is 10.2. The molecule has 4 rings (SSSR count). The smallest absolute Gasteiger partial charge is 0.270 e. The summed E-state index contributed by atoms with van der Waals surface area (Å²) in [6.07, 6.45) is 1.58. The van der Waals surface area contributed by atoms with Crippen LogP contribution in [0, 0.1) is 6.92 Å². The predicted octanol–water partition coefficient (Wildman–Crippen LogP) is 3.88. The van der Waals surface area contributed by atoms with E-state index < -0.39 is 0 Å². The third-order valence-electron chi connectivity index (χ3n) is 5.06. The molecule has 1 N–H and O–H groups in total. The number of hydrogen-bond donors (Lipinski definition) is 1. The first-order valence-electron chi connectivity index (χ1n) is 10.2. The second-order valence-electron chi connectivity index (χ2n) is 7.35. The number of furan rings is 1. The molecule has 0 spiro atoms. The van der Waals surface area contributed by atoms with E-state index in [1.54, 1.807) is 41.3 Å². The van der Waals surface area contributed by atoms with Gasteiger partial charge in [0.2, 0.25) is 0 Å². The van der Waals surface area contributed by atoms with Crippen LogP contribution in [0.25, 0.3) is 17.4 Å². The topological polar surface area (TPSA) is 71.8 Å². The zero-order chi connectivity index (χ0) is 21.6. The standard InChI is InChI=1S/C25H24N2O4/c1-18-7-9-19(10-8-18)23-12-11-21(31-23)17-22(25(29)27-13-15-30-16-14-27)26-24(28)20-5-3-2-4-6-20/h2-12,17H,13-16H2,1H3,(H,26,28). The minimum absolute atomic E-state index is 0.167. The number of hydrogen-bond acceptors (Lipinski definition) is 4. The third kappa shape index (κ3) is 5.10. The number of aryl methyl sites for hydroxylation is 1. The van der Waals surface area contributed by atoms with Crippen molar-refractivity contribution >= 4 is 17.9 Å². The van der Waals surface area contributed by atoms with Gasteiger partial charge in [-0.25, -0.2) is 0 Å². The molecule has 1 aliphatic heterocycles. The van der Waals surface area contributed by atoms with Gasteiger partial charge >= 0.3 is 0 Å². The van der Waals surface area contributed by atoms with Crippen molar-refractivity contribution < 1.29 is 18.7 Å². The lowest BCUT2D eigenvalue weighted by Gasteiger charge is -2.27. The second kappa shape index (κ2) is 9.45. The molecule has 0 unspecified atom stereocenters. The molecule has 1 saturated heterocycles. The van der Waals surface area contributed by atoms with Gasteiger partial charge in [-0.05, 0) is 31.2 Å². The average Bonchev–Trinajstić information content (AvgIpc) is 3.28. The van der Waals surface area contributed by atoms with Crippen molar-refractivity contribution in [2.24, 2.45) is 0 Å². The summed E-state index contributed by atoms with van der Waals surface area (Å²) >= 11 is 0. The van der Waals surface area contributed by atoms with Gasteiger partial charge in [-0.15, -0.1) is 0 Å². The third-order valence-corrected chi connectivity index (χ3v) is 5.06. The maximum Gasteiger partial charge on any atom is 0.270 e. The molecule has 0 aliphatic carbocycles. The molecule has 2 heterocycles. The van der Waals surface area contributed by atoms with Crippen LogP contribution < -0.4 is 5.32 Å². The van der Waals surface area contributed by atoms with Gasteiger partial charge in [0.15, 0.2) is 0 Å². The van der Waals surface area contributed by atoms with Crippen molar-refractivity contribution in [2.45, 2.75) is 6.92 Å². The van der Waals surface area contributed by atoms with Crippen LogP contribution in [0.1, 0.15) is 21.7 Å². The highest BCUT2D eigenvalue weighted by Crippen LogP contribution is 2.24. The van der Waals surface area contributed by atoms with Gasteiger partial charge in [0.25, 0.3) is 11.8 Å². The number of morpholine rings is 1. The number of amides is 2. The molecule has 1 aliphatic rings. The van der Waals surface area contributed by atoms with Crippen molar-refractivity contribution in [3.63, 3.8) is 0 Å². The van der Waals surface area contributed by atoms with Gasteiger partial charge in [0.05, 0.1) is 13.2 Å². The Balaban J connectivity index is 1.61. The lowest BCUT2D eigenvalue weighted by Crippen LogP contribution is -2.44. The quantitative estimate of drug-likeness (QED) is 0.641. The summed E-state index contributed by atoms with van der Waals surface area (Å²) in [5, 5.41) is 2.77. The number of nitrogens with one attached hydrogen (secondary N) is 1. The predicted molar refractivity (Wildman–Crippen MR) is 118 cm³/mol. The molecule has 158 valence electrons. The summed E-state index contributed by atoms with van der Waals surface area (Å²) in [6.45, 7) is 3.93. The Kier molecular flexibility index (Phi) is 6.29. The molecule has 0 atom stereocenters. The van der Waals surface area contributed by atoms with E-state index in [4.69, 9.17) is 9.15 Å². The Hall–Kier alpha value is -3.64. The SMILES string of the molecule is Cc1ccc(-c2ccc(C=C(NC(=O)c3ccccc3)C(=O)N3CCOCC3)o2)cc1. The van der Waals surface area contributed by atoms with Crippen LogP contribution in [0.3, 0.4) is 0 Å². The molecule has 6 heteroatoms. The van der Waals surface area contributed by atoms with Crippen molar-refractivity contribution in [1.29, 1.82) is 0 Å². The average molecular weight is 416 g/mol. The fourth-order valence-electron chi connectivity index (χ4n) is 3.32. The number of carbonyl (C=O) groups excluding carboxylic acids is 2. The monoisotopic (exact) mass is 416 g/mol. The van der Waals surface area contributed by atoms with E-state index in [0.29, 0.717) is 43.4 Å². The van der Waals surface area contributed by atoms with E-state index in [0.717, 1.165) is 11.1 Å². The summed E-state index contributed by atoms with van der Waals surface area (Å²) < 4.78 is 11.3. The fourth-order valence-corrected chi connectivity index (χ4v) is 3.32. The van der Waals surface area contributed by atoms with Crippen LogP contribution in [0.5, 0.6) is 0 Å². The Bertz CT molecular complexity index is 1080. The Morgan fingerprint density at radius 1 is 0.935 bits per heavy atom. The van der Waals surface area contributed by atoms with Gasteiger partial charge in [0, 0.05) is 30.3 Å². The maximum absolute atomic E-state index is 13.1. The molecular formula is C25H24N2O4. The highest BCUT2D eigenvalue weighted by atomic mass is 16.5. The highest BCUT2D eigenvalue weighted by molar-refractivity contribution is 6.05. The normalized spacial score (nSPS) is 14.4. The van der Waals surface area contributed by atoms with E-state index in [1.807, 2.05) is 43.3 Å². The molecule has 2 aromatic carbocycles. The largest absolute Gasteiger partial charge is 0.457 e. The Morgan fingerprint density at radius 3 is 2.35 bits per heavy atom. The van der Waals surface area contributed by atoms with E-state index in [-0.39, 0.29) is 17.5 Å². The number of benzene rings is 2. The molecule has 1 aromatic heterocycles. The summed E-state index contributed by atoms with van der Waals surface area (Å²) in [5.41, 5.74) is 2.75. The van der Waals surface area contributed by atoms with Gasteiger partial charge in [-0.3, -0.25) is 9.59 Å². The maximum atomic E-state index is 13.1. The number of nitrogens with zero attached hydrogens (tertiary/aromatic N) is 1. The van der Waals surface area contributed by atoms with Gasteiger partial charge in [0.1, 0.15) is 17.2 Å². The summed E-state index contributed by atoms with van der Waals surface area (Å²) in [5.74, 6) is 0.569. The highest BCUT2D eigenvalue weighted by Gasteiger charge is 2.23. The zero-order valence-corrected chi connectivity index (χ0v) is 17.3. The van der Waals surface area contributed by atoms with Crippen molar-refractivity contribution in [2.75, 3.05) is 26.3 Å². The van der Waals surface area contributed by atoms with E-state index in [2.05, 4.69) is 5.32 Å². The molecule has 0 saturated carbocycles. The number of rotatable bonds is 5.